The average molecular weight is 210 g/mol. The van der Waals surface area contributed by atoms with E-state index in [9.17, 15) is 5.11 Å². The first-order chi connectivity index (χ1) is 7.70. The molecule has 0 aliphatic heterocycles. The minimum absolute atomic E-state index is 0.210. The fourth-order valence-corrected chi connectivity index (χ4v) is 1.52. The van der Waals surface area contributed by atoms with Crippen molar-refractivity contribution in [2.45, 2.75) is 6.92 Å². The lowest BCUT2D eigenvalue weighted by Crippen LogP contribution is -1.89. The van der Waals surface area contributed by atoms with Crippen LogP contribution in [-0.2, 0) is 0 Å². The van der Waals surface area contributed by atoms with Crippen molar-refractivity contribution in [3.05, 3.63) is 47.8 Å². The van der Waals surface area contributed by atoms with Gasteiger partial charge in [0.05, 0.1) is 11.6 Å². The predicted molar refractivity (Wildman–Crippen MR) is 60.8 cm³/mol. The molecule has 0 aliphatic carbocycles. The molecule has 2 aromatic rings. The Morgan fingerprint density at radius 1 is 1.25 bits per heavy atom. The summed E-state index contributed by atoms with van der Waals surface area (Å²) in [5.74, 6) is 0.210. The van der Waals surface area contributed by atoms with Crippen molar-refractivity contribution in [2.75, 3.05) is 0 Å². The lowest BCUT2D eigenvalue weighted by atomic mass is 10.0. The molecule has 1 heterocycles. The maximum absolute atomic E-state index is 9.19. The van der Waals surface area contributed by atoms with Crippen LogP contribution < -0.4 is 0 Å². The normalized spacial score (nSPS) is 9.75. The van der Waals surface area contributed by atoms with E-state index in [1.165, 1.54) is 0 Å². The number of hydrogen-bond acceptors (Lipinski definition) is 3. The van der Waals surface area contributed by atoms with Gasteiger partial charge in [0.15, 0.2) is 0 Å². The molecule has 3 heteroatoms. The SMILES string of the molecule is Cc1cc(C#N)c(-c2ccc(O)cc2)cn1. The number of aryl methyl sites for hydroxylation is 1. The van der Waals surface area contributed by atoms with Gasteiger partial charge in [-0.25, -0.2) is 0 Å². The predicted octanol–water partition coefficient (Wildman–Crippen LogP) is 2.63. The summed E-state index contributed by atoms with van der Waals surface area (Å²) in [5.41, 5.74) is 3.08. The summed E-state index contributed by atoms with van der Waals surface area (Å²) < 4.78 is 0. The summed E-state index contributed by atoms with van der Waals surface area (Å²) in [4.78, 5) is 4.17. The van der Waals surface area contributed by atoms with E-state index in [0.717, 1.165) is 16.8 Å². The molecule has 1 N–H and O–H groups in total. The molecule has 0 radical (unpaired) electrons. The molecule has 78 valence electrons. The van der Waals surface area contributed by atoms with Gasteiger partial charge >= 0.3 is 0 Å². The summed E-state index contributed by atoms with van der Waals surface area (Å²) in [7, 11) is 0. The quantitative estimate of drug-likeness (QED) is 0.787. The largest absolute Gasteiger partial charge is 0.508 e. The molecule has 0 saturated heterocycles. The number of aromatic hydroxyl groups is 1. The van der Waals surface area contributed by atoms with Crippen LogP contribution in [0.2, 0.25) is 0 Å². The van der Waals surface area contributed by atoms with Crippen LogP contribution in [0.5, 0.6) is 5.75 Å². The number of nitrogens with zero attached hydrogens (tertiary/aromatic N) is 2. The number of rotatable bonds is 1. The van der Waals surface area contributed by atoms with Crippen LogP contribution in [-0.4, -0.2) is 10.1 Å². The summed E-state index contributed by atoms with van der Waals surface area (Å²) in [5, 5.41) is 18.2. The van der Waals surface area contributed by atoms with Crippen LogP contribution >= 0.6 is 0 Å². The van der Waals surface area contributed by atoms with Crippen LogP contribution in [0.25, 0.3) is 11.1 Å². The molecule has 0 atom stereocenters. The number of aromatic nitrogens is 1. The van der Waals surface area contributed by atoms with Gasteiger partial charge in [-0.2, -0.15) is 5.26 Å². The molecule has 16 heavy (non-hydrogen) atoms. The second-order valence-electron chi connectivity index (χ2n) is 3.53. The molecule has 0 spiro atoms. The molecule has 2 rings (SSSR count). The van der Waals surface area contributed by atoms with Crippen molar-refractivity contribution in [3.8, 4) is 22.9 Å². The molecule has 0 aliphatic rings. The molecule has 3 nitrogen and oxygen atoms in total. The third-order valence-electron chi connectivity index (χ3n) is 2.34. The summed E-state index contributed by atoms with van der Waals surface area (Å²) in [6.45, 7) is 1.85. The number of phenolic OH excluding ortho intramolecular Hbond substituents is 1. The van der Waals surface area contributed by atoms with Gasteiger partial charge in [-0.1, -0.05) is 12.1 Å². The van der Waals surface area contributed by atoms with Crippen LogP contribution in [0, 0.1) is 18.3 Å². The van der Waals surface area contributed by atoms with Crippen molar-refractivity contribution in [2.24, 2.45) is 0 Å². The Labute approximate surface area is 93.6 Å². The average Bonchev–Trinajstić information content (AvgIpc) is 2.30. The van der Waals surface area contributed by atoms with Gasteiger partial charge < -0.3 is 5.11 Å². The molecule has 1 aromatic heterocycles. The zero-order chi connectivity index (χ0) is 11.5. The maximum atomic E-state index is 9.19. The van der Waals surface area contributed by atoms with Crippen molar-refractivity contribution >= 4 is 0 Å². The Morgan fingerprint density at radius 2 is 1.94 bits per heavy atom. The zero-order valence-electron chi connectivity index (χ0n) is 8.81. The van der Waals surface area contributed by atoms with Crippen molar-refractivity contribution in [1.82, 2.24) is 4.98 Å². The van der Waals surface area contributed by atoms with Crippen LogP contribution in [0.15, 0.2) is 36.5 Å². The second-order valence-corrected chi connectivity index (χ2v) is 3.53. The molecule has 0 saturated carbocycles. The van der Waals surface area contributed by atoms with Crippen LogP contribution in [0.1, 0.15) is 11.3 Å². The first-order valence-corrected chi connectivity index (χ1v) is 4.87. The smallest absolute Gasteiger partial charge is 0.115 e. The molecule has 0 fully saturated rings. The highest BCUT2D eigenvalue weighted by Crippen LogP contribution is 2.24. The Morgan fingerprint density at radius 3 is 2.56 bits per heavy atom. The highest BCUT2D eigenvalue weighted by Gasteiger charge is 2.05. The van der Waals surface area contributed by atoms with E-state index < -0.39 is 0 Å². The second kappa shape index (κ2) is 4.03. The van der Waals surface area contributed by atoms with E-state index in [4.69, 9.17) is 5.26 Å². The third kappa shape index (κ3) is 1.86. The van der Waals surface area contributed by atoms with Crippen molar-refractivity contribution in [3.63, 3.8) is 0 Å². The topological polar surface area (TPSA) is 56.9 Å². The standard InChI is InChI=1S/C13H10N2O/c1-9-6-11(7-14)13(8-15-9)10-2-4-12(16)5-3-10/h2-6,8,16H,1H3. The van der Waals surface area contributed by atoms with E-state index in [-0.39, 0.29) is 5.75 Å². The Hall–Kier alpha value is -2.34. The lowest BCUT2D eigenvalue weighted by Gasteiger charge is -2.04. The maximum Gasteiger partial charge on any atom is 0.115 e. The van der Waals surface area contributed by atoms with Crippen molar-refractivity contribution < 1.29 is 5.11 Å². The van der Waals surface area contributed by atoms with Gasteiger partial charge in [-0.3, -0.25) is 4.98 Å². The van der Waals surface area contributed by atoms with Gasteiger partial charge in [-0.05, 0) is 30.7 Å². The number of pyridine rings is 1. The van der Waals surface area contributed by atoms with Crippen molar-refractivity contribution in [1.29, 1.82) is 5.26 Å². The molecule has 0 unspecified atom stereocenters. The van der Waals surface area contributed by atoms with Gasteiger partial charge in [0.1, 0.15) is 5.75 Å². The van der Waals surface area contributed by atoms with E-state index in [1.54, 1.807) is 36.5 Å². The molecular formula is C13H10N2O. The van der Waals surface area contributed by atoms with Gasteiger partial charge in [0.25, 0.3) is 0 Å². The third-order valence-corrected chi connectivity index (χ3v) is 2.34. The fourth-order valence-electron chi connectivity index (χ4n) is 1.52. The summed E-state index contributed by atoms with van der Waals surface area (Å²) >= 11 is 0. The summed E-state index contributed by atoms with van der Waals surface area (Å²) in [6.07, 6.45) is 1.68. The molecule has 0 amide bonds. The van der Waals surface area contributed by atoms with E-state index in [2.05, 4.69) is 11.1 Å². The Bertz CT molecular complexity index is 553. The molecular weight excluding hydrogens is 200 g/mol. The van der Waals surface area contributed by atoms with E-state index >= 15 is 0 Å². The number of phenols is 1. The lowest BCUT2D eigenvalue weighted by molar-refractivity contribution is 0.475. The molecule has 0 bridgehead atoms. The first-order valence-electron chi connectivity index (χ1n) is 4.87. The van der Waals surface area contributed by atoms with Crippen LogP contribution in [0.4, 0.5) is 0 Å². The fraction of sp³-hybridized carbons (Fsp3) is 0.0769. The van der Waals surface area contributed by atoms with Gasteiger partial charge in [0.2, 0.25) is 0 Å². The molecule has 1 aromatic carbocycles. The van der Waals surface area contributed by atoms with E-state index in [0.29, 0.717) is 5.56 Å². The van der Waals surface area contributed by atoms with E-state index in [1.807, 2.05) is 6.92 Å². The first kappa shape index (κ1) is 10.2. The highest BCUT2D eigenvalue weighted by molar-refractivity contribution is 5.70. The van der Waals surface area contributed by atoms with Crippen LogP contribution in [0.3, 0.4) is 0 Å². The Kier molecular flexibility index (Phi) is 2.57. The zero-order valence-corrected chi connectivity index (χ0v) is 8.81. The minimum Gasteiger partial charge on any atom is -0.508 e. The summed E-state index contributed by atoms with van der Waals surface area (Å²) in [6, 6.07) is 10.6. The highest BCUT2D eigenvalue weighted by atomic mass is 16.3. The number of nitriles is 1. The number of hydrogen-bond donors (Lipinski definition) is 1. The number of benzene rings is 1. The Balaban J connectivity index is 2.56. The van der Waals surface area contributed by atoms with Gasteiger partial charge in [-0.15, -0.1) is 0 Å². The monoisotopic (exact) mass is 210 g/mol. The minimum atomic E-state index is 0.210. The van der Waals surface area contributed by atoms with Gasteiger partial charge in [0, 0.05) is 17.5 Å².